The molecule has 1 amide bonds. The first-order valence-corrected chi connectivity index (χ1v) is 8.15. The van der Waals surface area contributed by atoms with Crippen LogP contribution in [0.5, 0.6) is 0 Å². The van der Waals surface area contributed by atoms with Gasteiger partial charge in [-0.05, 0) is 18.8 Å². The fourth-order valence-corrected chi connectivity index (χ4v) is 2.98. The molecular weight excluding hydrogens is 395 g/mol. The molecule has 0 spiro atoms. The molecule has 3 N–H and O–H groups in total. The average Bonchev–Trinajstić information content (AvgIpc) is 2.53. The molecule has 0 radical (unpaired) electrons. The number of carbonyl (C=O) groups excluding carboxylic acids is 1. The zero-order chi connectivity index (χ0) is 14.9. The maximum absolute atomic E-state index is 11.8. The van der Waals surface area contributed by atoms with E-state index in [0.29, 0.717) is 44.6 Å². The first-order chi connectivity index (χ1) is 10.3. The van der Waals surface area contributed by atoms with Gasteiger partial charge in [0.25, 0.3) is 0 Å². The molecule has 2 rings (SSSR count). The van der Waals surface area contributed by atoms with Crippen molar-refractivity contribution in [2.24, 2.45) is 16.6 Å². The Morgan fingerprint density at radius 2 is 1.91 bits per heavy atom. The summed E-state index contributed by atoms with van der Waals surface area (Å²) < 4.78 is 5.27. The number of nitrogens with two attached hydrogens (primary N) is 1. The molecule has 22 heavy (non-hydrogen) atoms. The molecule has 2 fully saturated rings. The Bertz CT molecular complexity index is 353. The van der Waals surface area contributed by atoms with E-state index in [1.165, 1.54) is 32.1 Å². The monoisotopic (exact) mass is 424 g/mol. The van der Waals surface area contributed by atoms with Crippen LogP contribution in [-0.4, -0.2) is 56.2 Å². The average molecular weight is 424 g/mol. The molecule has 0 bridgehead atoms. The van der Waals surface area contributed by atoms with Crippen LogP contribution in [0.3, 0.4) is 0 Å². The van der Waals surface area contributed by atoms with Crippen LogP contribution in [0.25, 0.3) is 0 Å². The molecule has 2 aliphatic rings. The van der Waals surface area contributed by atoms with E-state index >= 15 is 0 Å². The van der Waals surface area contributed by atoms with E-state index in [1.807, 2.05) is 4.90 Å². The van der Waals surface area contributed by atoms with E-state index in [2.05, 4.69) is 10.3 Å². The molecule has 1 saturated heterocycles. The molecule has 1 aliphatic heterocycles. The van der Waals surface area contributed by atoms with Crippen molar-refractivity contribution in [1.82, 2.24) is 10.2 Å². The topological polar surface area (TPSA) is 79.9 Å². The van der Waals surface area contributed by atoms with E-state index in [-0.39, 0.29) is 29.9 Å². The molecule has 0 aromatic rings. The number of carbonyl (C=O) groups is 1. The summed E-state index contributed by atoms with van der Waals surface area (Å²) in [4.78, 5) is 18.2. The number of amides is 1. The summed E-state index contributed by atoms with van der Waals surface area (Å²) in [5, 5.41) is 2.94. The Labute approximate surface area is 150 Å². The van der Waals surface area contributed by atoms with Crippen LogP contribution in [0.2, 0.25) is 0 Å². The van der Waals surface area contributed by atoms with Gasteiger partial charge in [-0.1, -0.05) is 19.3 Å². The Kier molecular flexibility index (Phi) is 9.77. The minimum absolute atomic E-state index is 0. The summed E-state index contributed by atoms with van der Waals surface area (Å²) in [6.45, 7) is 4.10. The second kappa shape index (κ2) is 11.0. The number of hydrogen-bond donors (Lipinski definition) is 2. The minimum atomic E-state index is 0. The zero-order valence-electron chi connectivity index (χ0n) is 13.3. The van der Waals surface area contributed by atoms with E-state index < -0.39 is 0 Å². The van der Waals surface area contributed by atoms with Crippen molar-refractivity contribution in [3.8, 4) is 0 Å². The van der Waals surface area contributed by atoms with Crippen molar-refractivity contribution in [2.75, 3.05) is 39.4 Å². The highest BCUT2D eigenvalue weighted by Crippen LogP contribution is 2.25. The highest BCUT2D eigenvalue weighted by Gasteiger charge is 2.16. The maximum atomic E-state index is 11.8. The highest BCUT2D eigenvalue weighted by atomic mass is 127. The van der Waals surface area contributed by atoms with Gasteiger partial charge in [0, 0.05) is 26.1 Å². The number of hydrogen-bond acceptors (Lipinski definition) is 3. The molecule has 7 heteroatoms. The predicted octanol–water partition coefficient (Wildman–Crippen LogP) is 1.34. The fraction of sp³-hybridized carbons (Fsp3) is 0.867. The van der Waals surface area contributed by atoms with E-state index in [1.54, 1.807) is 0 Å². The smallest absolute Gasteiger partial charge is 0.220 e. The van der Waals surface area contributed by atoms with Gasteiger partial charge in [-0.15, -0.1) is 24.0 Å². The van der Waals surface area contributed by atoms with E-state index in [0.717, 1.165) is 13.1 Å². The molecule has 0 aromatic heterocycles. The van der Waals surface area contributed by atoms with Crippen LogP contribution in [-0.2, 0) is 9.53 Å². The third-order valence-corrected chi connectivity index (χ3v) is 4.24. The van der Waals surface area contributed by atoms with Crippen LogP contribution in [0.15, 0.2) is 4.99 Å². The normalized spacial score (nSPS) is 20.4. The highest BCUT2D eigenvalue weighted by molar-refractivity contribution is 14.0. The Morgan fingerprint density at radius 1 is 1.23 bits per heavy atom. The van der Waals surface area contributed by atoms with Gasteiger partial charge in [0.2, 0.25) is 5.91 Å². The van der Waals surface area contributed by atoms with Gasteiger partial charge in [0.15, 0.2) is 5.96 Å². The lowest BCUT2D eigenvalue weighted by Gasteiger charge is -2.27. The summed E-state index contributed by atoms with van der Waals surface area (Å²) in [6, 6.07) is 0. The van der Waals surface area contributed by atoms with Gasteiger partial charge in [-0.3, -0.25) is 9.79 Å². The van der Waals surface area contributed by atoms with Crippen molar-refractivity contribution in [2.45, 2.75) is 38.5 Å². The number of ether oxygens (including phenoxy) is 1. The molecule has 0 unspecified atom stereocenters. The van der Waals surface area contributed by atoms with Crippen molar-refractivity contribution in [1.29, 1.82) is 0 Å². The van der Waals surface area contributed by atoms with Crippen LogP contribution >= 0.6 is 24.0 Å². The minimum Gasteiger partial charge on any atom is -0.378 e. The van der Waals surface area contributed by atoms with Gasteiger partial charge in [-0.25, -0.2) is 0 Å². The predicted molar refractivity (Wildman–Crippen MR) is 98.5 cm³/mol. The Balaban J connectivity index is 0.00000242. The molecular formula is C15H29IN4O2. The van der Waals surface area contributed by atoms with E-state index in [9.17, 15) is 4.79 Å². The van der Waals surface area contributed by atoms with Gasteiger partial charge < -0.3 is 20.7 Å². The number of morpholine rings is 1. The van der Waals surface area contributed by atoms with Crippen molar-refractivity contribution < 1.29 is 9.53 Å². The summed E-state index contributed by atoms with van der Waals surface area (Å²) in [7, 11) is 0. The first kappa shape index (κ1) is 19.5. The largest absolute Gasteiger partial charge is 0.378 e. The molecule has 6 nitrogen and oxygen atoms in total. The third-order valence-electron chi connectivity index (χ3n) is 4.24. The molecule has 0 aromatic carbocycles. The van der Waals surface area contributed by atoms with Gasteiger partial charge in [0.05, 0.1) is 19.8 Å². The van der Waals surface area contributed by atoms with Gasteiger partial charge >= 0.3 is 0 Å². The molecule has 0 atom stereocenters. The zero-order valence-corrected chi connectivity index (χ0v) is 15.6. The second-order valence-corrected chi connectivity index (χ2v) is 5.90. The third kappa shape index (κ3) is 7.13. The number of halogens is 1. The maximum Gasteiger partial charge on any atom is 0.220 e. The molecule has 1 heterocycles. The molecule has 1 aliphatic carbocycles. The molecule has 1 saturated carbocycles. The summed E-state index contributed by atoms with van der Waals surface area (Å²) in [5.74, 6) is 1.29. The van der Waals surface area contributed by atoms with Crippen LogP contribution in [0.1, 0.15) is 38.5 Å². The van der Waals surface area contributed by atoms with Crippen molar-refractivity contribution >= 4 is 35.8 Å². The fourth-order valence-electron chi connectivity index (χ4n) is 2.98. The van der Waals surface area contributed by atoms with Gasteiger partial charge in [0.1, 0.15) is 0 Å². The second-order valence-electron chi connectivity index (χ2n) is 5.90. The number of aliphatic imine (C=N–C) groups is 1. The van der Waals surface area contributed by atoms with Gasteiger partial charge in [-0.2, -0.15) is 0 Å². The number of nitrogens with one attached hydrogen (secondary N) is 1. The Hall–Kier alpha value is -0.570. The standard InChI is InChI=1S/C15H28N4O2.HI/c16-15(19-8-10-21-11-9-19)18-7-6-17-14(20)12-13-4-2-1-3-5-13;/h13H,1-12H2,(H2,16,18)(H,17,20);1H. The van der Waals surface area contributed by atoms with Crippen LogP contribution in [0, 0.1) is 5.92 Å². The lowest BCUT2D eigenvalue weighted by Crippen LogP contribution is -2.45. The lowest BCUT2D eigenvalue weighted by molar-refractivity contribution is -0.122. The van der Waals surface area contributed by atoms with Crippen LogP contribution in [0.4, 0.5) is 0 Å². The number of guanidine groups is 1. The SMILES string of the molecule is I.NC(=NCCNC(=O)CC1CCCCC1)N1CCOCC1. The summed E-state index contributed by atoms with van der Waals surface area (Å²) in [5.41, 5.74) is 5.92. The van der Waals surface area contributed by atoms with E-state index in [4.69, 9.17) is 10.5 Å². The first-order valence-electron chi connectivity index (χ1n) is 8.15. The molecule has 128 valence electrons. The number of nitrogens with zero attached hydrogens (tertiary/aromatic N) is 2. The summed E-state index contributed by atoms with van der Waals surface area (Å²) in [6.07, 6.45) is 6.96. The Morgan fingerprint density at radius 3 is 2.59 bits per heavy atom. The lowest BCUT2D eigenvalue weighted by atomic mass is 9.87. The number of rotatable bonds is 5. The van der Waals surface area contributed by atoms with Crippen molar-refractivity contribution in [3.05, 3.63) is 0 Å². The van der Waals surface area contributed by atoms with Crippen molar-refractivity contribution in [3.63, 3.8) is 0 Å². The quantitative estimate of drug-likeness (QED) is 0.302. The summed E-state index contributed by atoms with van der Waals surface area (Å²) >= 11 is 0. The van der Waals surface area contributed by atoms with Crippen LogP contribution < -0.4 is 11.1 Å².